The van der Waals surface area contributed by atoms with E-state index in [9.17, 15) is 21.6 Å². The fourth-order valence-electron chi connectivity index (χ4n) is 2.08. The van der Waals surface area contributed by atoms with E-state index < -0.39 is 21.8 Å². The number of sulfonamides is 1. The average molecular weight is 356 g/mol. The first kappa shape index (κ1) is 18.0. The highest BCUT2D eigenvalue weighted by atomic mass is 32.2. The molecule has 0 aliphatic rings. The van der Waals surface area contributed by atoms with Crippen molar-refractivity contribution >= 4 is 16.2 Å². The number of hydrazone groups is 1. The first-order chi connectivity index (χ1) is 11.1. The molecule has 0 aliphatic carbocycles. The van der Waals surface area contributed by atoms with E-state index in [4.69, 9.17) is 0 Å². The first-order valence-corrected chi connectivity index (χ1v) is 8.37. The molecule has 24 heavy (non-hydrogen) atoms. The van der Waals surface area contributed by atoms with Gasteiger partial charge in [-0.15, -0.1) is 0 Å². The van der Waals surface area contributed by atoms with Crippen LogP contribution < -0.4 is 4.83 Å². The van der Waals surface area contributed by atoms with Crippen LogP contribution in [-0.4, -0.2) is 14.6 Å². The van der Waals surface area contributed by atoms with Crippen molar-refractivity contribution in [2.45, 2.75) is 24.9 Å². The summed E-state index contributed by atoms with van der Waals surface area (Å²) in [5, 5.41) is 3.60. The molecule has 8 heteroatoms. The molecule has 1 N–H and O–H groups in total. The number of nitrogens with zero attached hydrogens (tertiary/aromatic N) is 1. The van der Waals surface area contributed by atoms with Crippen LogP contribution in [0.4, 0.5) is 13.2 Å². The molecule has 0 saturated carbocycles. The minimum Gasteiger partial charge on any atom is -0.200 e. The lowest BCUT2D eigenvalue weighted by molar-refractivity contribution is -0.137. The van der Waals surface area contributed by atoms with Crippen LogP contribution in [0.25, 0.3) is 0 Å². The Balaban J connectivity index is 2.13. The Kier molecular flexibility index (Phi) is 4.98. The average Bonchev–Trinajstić information content (AvgIpc) is 2.46. The lowest BCUT2D eigenvalue weighted by atomic mass is 10.1. The van der Waals surface area contributed by atoms with Crippen molar-refractivity contribution in [3.05, 3.63) is 64.7 Å². The summed E-state index contributed by atoms with van der Waals surface area (Å²) in [5.41, 5.74) is 1.06. The molecule has 0 saturated heterocycles. The summed E-state index contributed by atoms with van der Waals surface area (Å²) in [5.74, 6) is 0. The van der Waals surface area contributed by atoms with E-state index in [-0.39, 0.29) is 4.90 Å². The van der Waals surface area contributed by atoms with Crippen LogP contribution in [0, 0.1) is 13.8 Å². The van der Waals surface area contributed by atoms with Gasteiger partial charge in [0.2, 0.25) is 0 Å². The van der Waals surface area contributed by atoms with E-state index >= 15 is 0 Å². The van der Waals surface area contributed by atoms with Gasteiger partial charge < -0.3 is 0 Å². The molecule has 0 bridgehead atoms. The van der Waals surface area contributed by atoms with Crippen molar-refractivity contribution in [2.24, 2.45) is 5.10 Å². The summed E-state index contributed by atoms with van der Waals surface area (Å²) < 4.78 is 61.7. The van der Waals surface area contributed by atoms with Crippen molar-refractivity contribution in [3.8, 4) is 0 Å². The highest BCUT2D eigenvalue weighted by Gasteiger charge is 2.29. The number of alkyl halides is 3. The van der Waals surface area contributed by atoms with Gasteiger partial charge in [-0.05, 0) is 43.2 Å². The molecule has 128 valence electrons. The van der Waals surface area contributed by atoms with Crippen molar-refractivity contribution in [2.75, 3.05) is 0 Å². The van der Waals surface area contributed by atoms with Crippen LogP contribution in [0.1, 0.15) is 22.3 Å². The van der Waals surface area contributed by atoms with Gasteiger partial charge in [0, 0.05) is 0 Å². The number of hydrogen-bond donors (Lipinski definition) is 1. The summed E-state index contributed by atoms with van der Waals surface area (Å²) in [6, 6.07) is 9.09. The Morgan fingerprint density at radius 1 is 1.04 bits per heavy atom. The Morgan fingerprint density at radius 2 is 1.67 bits per heavy atom. The van der Waals surface area contributed by atoms with Gasteiger partial charge in [0.05, 0.1) is 16.7 Å². The van der Waals surface area contributed by atoms with E-state index in [0.717, 1.165) is 23.9 Å². The number of nitrogens with one attached hydrogen (secondary N) is 1. The predicted molar refractivity (Wildman–Crippen MR) is 85.3 cm³/mol. The van der Waals surface area contributed by atoms with E-state index in [1.54, 1.807) is 19.1 Å². The molecule has 0 amide bonds. The molecular formula is C16H15F3N2O2S. The lowest BCUT2D eigenvalue weighted by Gasteiger charge is -2.07. The minimum atomic E-state index is -4.42. The largest absolute Gasteiger partial charge is 0.416 e. The predicted octanol–water partition coefficient (Wildman–Crippen LogP) is 3.63. The second kappa shape index (κ2) is 6.64. The smallest absolute Gasteiger partial charge is 0.200 e. The van der Waals surface area contributed by atoms with Gasteiger partial charge in [-0.3, -0.25) is 0 Å². The van der Waals surface area contributed by atoms with E-state index in [1.807, 2.05) is 11.8 Å². The lowest BCUT2D eigenvalue weighted by Crippen LogP contribution is -2.19. The summed E-state index contributed by atoms with van der Waals surface area (Å²) in [6.45, 7) is 3.51. The Morgan fingerprint density at radius 3 is 2.21 bits per heavy atom. The highest BCUT2D eigenvalue weighted by Crippen LogP contribution is 2.28. The normalized spacial score (nSPS) is 12.5. The third kappa shape index (κ3) is 4.35. The zero-order chi connectivity index (χ0) is 18.0. The number of rotatable bonds is 4. The van der Waals surface area contributed by atoms with Gasteiger partial charge in [0.1, 0.15) is 0 Å². The van der Waals surface area contributed by atoms with Gasteiger partial charge >= 0.3 is 6.18 Å². The molecule has 2 aromatic carbocycles. The summed E-state index contributed by atoms with van der Waals surface area (Å²) in [6.07, 6.45) is -3.28. The first-order valence-electron chi connectivity index (χ1n) is 6.89. The van der Waals surface area contributed by atoms with Crippen LogP contribution in [0.5, 0.6) is 0 Å². The number of aryl methyl sites for hydroxylation is 2. The summed E-state index contributed by atoms with van der Waals surface area (Å²) in [4.78, 5) is 2.14. The SMILES string of the molecule is Cc1ccc(S(=O)(=O)N/N=C/c2ccc(C(F)(F)F)cc2)c(C)c1. The molecule has 4 nitrogen and oxygen atoms in total. The third-order valence-corrected chi connectivity index (χ3v) is 4.63. The maximum absolute atomic E-state index is 12.5. The molecule has 0 aromatic heterocycles. The van der Waals surface area contributed by atoms with Crippen LogP contribution >= 0.6 is 0 Å². The van der Waals surface area contributed by atoms with Gasteiger partial charge in [0.15, 0.2) is 0 Å². The van der Waals surface area contributed by atoms with Crippen molar-refractivity contribution in [3.63, 3.8) is 0 Å². The molecule has 0 spiro atoms. The molecule has 2 rings (SSSR count). The topological polar surface area (TPSA) is 58.5 Å². The monoisotopic (exact) mass is 356 g/mol. The number of benzene rings is 2. The maximum Gasteiger partial charge on any atom is 0.416 e. The van der Waals surface area contributed by atoms with Crippen molar-refractivity contribution < 1.29 is 21.6 Å². The van der Waals surface area contributed by atoms with Gasteiger partial charge in [0.25, 0.3) is 10.0 Å². The van der Waals surface area contributed by atoms with Crippen LogP contribution in [-0.2, 0) is 16.2 Å². The third-order valence-electron chi connectivity index (χ3n) is 3.24. The van der Waals surface area contributed by atoms with E-state index in [1.165, 1.54) is 18.2 Å². The number of hydrogen-bond acceptors (Lipinski definition) is 3. The molecule has 0 heterocycles. The van der Waals surface area contributed by atoms with Gasteiger partial charge in [-0.25, -0.2) is 4.83 Å². The molecule has 0 unspecified atom stereocenters. The molecule has 0 aliphatic heterocycles. The molecule has 0 radical (unpaired) electrons. The molecular weight excluding hydrogens is 341 g/mol. The van der Waals surface area contributed by atoms with E-state index in [0.29, 0.717) is 11.1 Å². The van der Waals surface area contributed by atoms with E-state index in [2.05, 4.69) is 5.10 Å². The second-order valence-electron chi connectivity index (χ2n) is 5.24. The van der Waals surface area contributed by atoms with Crippen molar-refractivity contribution in [1.82, 2.24) is 4.83 Å². The standard InChI is InChI=1S/C16H15F3N2O2S/c1-11-3-8-15(12(2)9-11)24(22,23)21-20-10-13-4-6-14(7-5-13)16(17,18)19/h3-10,21H,1-2H3/b20-10+. The second-order valence-corrected chi connectivity index (χ2v) is 6.87. The fraction of sp³-hybridized carbons (Fsp3) is 0.188. The summed E-state index contributed by atoms with van der Waals surface area (Å²) >= 11 is 0. The molecule has 2 aromatic rings. The number of halogens is 3. The Hall–Kier alpha value is -2.35. The van der Waals surface area contributed by atoms with Crippen LogP contribution in [0.15, 0.2) is 52.5 Å². The van der Waals surface area contributed by atoms with Crippen LogP contribution in [0.3, 0.4) is 0 Å². The minimum absolute atomic E-state index is 0.0951. The highest BCUT2D eigenvalue weighted by molar-refractivity contribution is 7.89. The van der Waals surface area contributed by atoms with Gasteiger partial charge in [-0.1, -0.05) is 29.8 Å². The zero-order valence-corrected chi connectivity index (χ0v) is 13.7. The maximum atomic E-state index is 12.5. The van der Waals surface area contributed by atoms with Crippen LogP contribution in [0.2, 0.25) is 0 Å². The Bertz CT molecular complexity index is 858. The van der Waals surface area contributed by atoms with Crippen molar-refractivity contribution in [1.29, 1.82) is 0 Å². The molecule has 0 atom stereocenters. The fourth-order valence-corrected chi connectivity index (χ4v) is 3.10. The molecule has 0 fully saturated rings. The quantitative estimate of drug-likeness (QED) is 0.672. The summed E-state index contributed by atoms with van der Waals surface area (Å²) in [7, 11) is -3.84. The zero-order valence-electron chi connectivity index (χ0n) is 12.9. The Labute approximate surface area is 138 Å². The van der Waals surface area contributed by atoms with Gasteiger partial charge in [-0.2, -0.15) is 26.7 Å².